The van der Waals surface area contributed by atoms with Gasteiger partial charge in [0.15, 0.2) is 5.65 Å². The number of aryl methyl sites for hydroxylation is 3. The van der Waals surface area contributed by atoms with Gasteiger partial charge in [-0.2, -0.15) is 5.10 Å². The number of likely N-dealkylation sites (N-methyl/N-ethyl adjacent to an activating group) is 1. The van der Waals surface area contributed by atoms with Gasteiger partial charge in [0, 0.05) is 32.4 Å². The van der Waals surface area contributed by atoms with Crippen molar-refractivity contribution in [3.8, 4) is 0 Å². The average molecular weight is 310 g/mol. The summed E-state index contributed by atoms with van der Waals surface area (Å²) in [7, 11) is 1.85. The van der Waals surface area contributed by atoms with Crippen molar-refractivity contribution in [2.24, 2.45) is 0 Å². The zero-order chi connectivity index (χ0) is 15.1. The first-order valence-corrected chi connectivity index (χ1v) is 7.87. The third-order valence-electron chi connectivity index (χ3n) is 4.15. The van der Waals surface area contributed by atoms with Crippen molar-refractivity contribution in [2.75, 3.05) is 19.5 Å². The molecule has 21 heavy (non-hydrogen) atoms. The molecule has 1 unspecified atom stereocenters. The fourth-order valence-electron chi connectivity index (χ4n) is 3.09. The van der Waals surface area contributed by atoms with E-state index in [1.54, 1.807) is 4.90 Å². The second-order valence-corrected chi connectivity index (χ2v) is 5.85. The normalized spacial score (nSPS) is 19.1. The maximum absolute atomic E-state index is 12.4. The predicted octanol–water partition coefficient (Wildman–Crippen LogP) is 1.75. The third kappa shape index (κ3) is 2.12. The maximum atomic E-state index is 12.4. The first-order chi connectivity index (χ1) is 10.1. The second kappa shape index (κ2) is 5.33. The monoisotopic (exact) mass is 309 g/mol. The zero-order valence-electron chi connectivity index (χ0n) is 12.6. The Hall–Kier alpha value is -1.56. The number of amides is 1. The van der Waals surface area contributed by atoms with E-state index in [0.29, 0.717) is 12.3 Å². The number of carbonyl (C=O) groups is 1. The SMILES string of the molecule is CCn1nc(C)c2nc(CCCl)n(C3CCN(C)C3=O)c21. The molecule has 114 valence electrons. The minimum atomic E-state index is -0.181. The van der Waals surface area contributed by atoms with Crippen LogP contribution in [0.2, 0.25) is 0 Å². The molecule has 2 aromatic rings. The lowest BCUT2D eigenvalue weighted by molar-refractivity contribution is -0.129. The molecule has 0 radical (unpaired) electrons. The average Bonchev–Trinajstić information content (AvgIpc) is 3.08. The predicted molar refractivity (Wildman–Crippen MR) is 81.6 cm³/mol. The van der Waals surface area contributed by atoms with Crippen LogP contribution in [-0.2, 0) is 17.8 Å². The van der Waals surface area contributed by atoms with E-state index in [1.165, 1.54) is 0 Å². The van der Waals surface area contributed by atoms with Gasteiger partial charge in [-0.3, -0.25) is 4.79 Å². The number of alkyl halides is 1. The molecular weight excluding hydrogens is 290 g/mol. The van der Waals surface area contributed by atoms with Gasteiger partial charge in [-0.15, -0.1) is 11.6 Å². The van der Waals surface area contributed by atoms with Crippen LogP contribution in [0.15, 0.2) is 0 Å². The van der Waals surface area contributed by atoms with Crippen LogP contribution in [0, 0.1) is 6.92 Å². The lowest BCUT2D eigenvalue weighted by Crippen LogP contribution is -2.26. The first kappa shape index (κ1) is 14.4. The number of imidazole rings is 1. The Kier molecular flexibility index (Phi) is 3.65. The van der Waals surface area contributed by atoms with Crippen LogP contribution in [0.3, 0.4) is 0 Å². The Balaban J connectivity index is 2.22. The molecule has 6 nitrogen and oxygen atoms in total. The molecule has 1 fully saturated rings. The quantitative estimate of drug-likeness (QED) is 0.809. The van der Waals surface area contributed by atoms with Crippen LogP contribution in [0.1, 0.15) is 30.9 Å². The van der Waals surface area contributed by atoms with E-state index in [0.717, 1.165) is 42.2 Å². The molecule has 0 N–H and O–H groups in total. The van der Waals surface area contributed by atoms with Crippen molar-refractivity contribution in [1.29, 1.82) is 0 Å². The van der Waals surface area contributed by atoms with Gasteiger partial charge in [0.2, 0.25) is 5.91 Å². The molecule has 0 saturated carbocycles. The summed E-state index contributed by atoms with van der Waals surface area (Å²) in [5.74, 6) is 1.53. The summed E-state index contributed by atoms with van der Waals surface area (Å²) in [4.78, 5) is 18.9. The lowest BCUT2D eigenvalue weighted by atomic mass is 10.2. The summed E-state index contributed by atoms with van der Waals surface area (Å²) in [6, 6.07) is -0.181. The minimum Gasteiger partial charge on any atom is -0.344 e. The van der Waals surface area contributed by atoms with Crippen LogP contribution in [0.4, 0.5) is 0 Å². The van der Waals surface area contributed by atoms with Crippen LogP contribution in [0.25, 0.3) is 11.2 Å². The molecule has 7 heteroatoms. The Bertz CT molecular complexity index is 689. The number of likely N-dealkylation sites (tertiary alicyclic amines) is 1. The van der Waals surface area contributed by atoms with Crippen molar-refractivity contribution < 1.29 is 4.79 Å². The van der Waals surface area contributed by atoms with Gasteiger partial charge in [0.05, 0.1) is 5.69 Å². The molecule has 1 aliphatic heterocycles. The Morgan fingerprint density at radius 3 is 2.76 bits per heavy atom. The second-order valence-electron chi connectivity index (χ2n) is 5.47. The van der Waals surface area contributed by atoms with E-state index in [-0.39, 0.29) is 11.9 Å². The van der Waals surface area contributed by atoms with E-state index >= 15 is 0 Å². The number of halogens is 1. The summed E-state index contributed by atoms with van der Waals surface area (Å²) < 4.78 is 3.99. The molecule has 1 aliphatic rings. The fourth-order valence-corrected chi connectivity index (χ4v) is 3.26. The molecule has 0 aromatic carbocycles. The number of fused-ring (bicyclic) bond motifs is 1. The summed E-state index contributed by atoms with van der Waals surface area (Å²) in [5.41, 5.74) is 2.74. The lowest BCUT2D eigenvalue weighted by Gasteiger charge is -2.16. The molecule has 1 atom stereocenters. The van der Waals surface area contributed by atoms with Gasteiger partial charge < -0.3 is 9.47 Å². The summed E-state index contributed by atoms with van der Waals surface area (Å²) in [6.07, 6.45) is 1.47. The number of hydrogen-bond acceptors (Lipinski definition) is 3. The summed E-state index contributed by atoms with van der Waals surface area (Å²) in [5, 5.41) is 4.52. The molecule has 2 aromatic heterocycles. The van der Waals surface area contributed by atoms with Crippen molar-refractivity contribution in [3.63, 3.8) is 0 Å². The Morgan fingerprint density at radius 2 is 2.19 bits per heavy atom. The highest BCUT2D eigenvalue weighted by atomic mass is 35.5. The summed E-state index contributed by atoms with van der Waals surface area (Å²) in [6.45, 7) is 5.54. The van der Waals surface area contributed by atoms with E-state index in [2.05, 4.69) is 9.67 Å². The fraction of sp³-hybridized carbons (Fsp3) is 0.643. The van der Waals surface area contributed by atoms with Crippen molar-refractivity contribution in [3.05, 3.63) is 11.5 Å². The van der Waals surface area contributed by atoms with Gasteiger partial charge in [-0.25, -0.2) is 9.67 Å². The van der Waals surface area contributed by atoms with Gasteiger partial charge in [0.1, 0.15) is 17.4 Å². The molecule has 1 saturated heterocycles. The van der Waals surface area contributed by atoms with E-state index < -0.39 is 0 Å². The first-order valence-electron chi connectivity index (χ1n) is 7.33. The highest BCUT2D eigenvalue weighted by Gasteiger charge is 2.34. The van der Waals surface area contributed by atoms with E-state index in [4.69, 9.17) is 16.6 Å². The Morgan fingerprint density at radius 1 is 1.43 bits per heavy atom. The highest BCUT2D eigenvalue weighted by molar-refractivity contribution is 6.17. The number of rotatable bonds is 4. The highest BCUT2D eigenvalue weighted by Crippen LogP contribution is 2.30. The topological polar surface area (TPSA) is 56.0 Å². The summed E-state index contributed by atoms with van der Waals surface area (Å²) >= 11 is 5.92. The third-order valence-corrected chi connectivity index (χ3v) is 4.33. The van der Waals surface area contributed by atoms with Gasteiger partial charge in [-0.05, 0) is 20.3 Å². The zero-order valence-corrected chi connectivity index (χ0v) is 13.4. The van der Waals surface area contributed by atoms with Gasteiger partial charge in [0.25, 0.3) is 0 Å². The van der Waals surface area contributed by atoms with Crippen LogP contribution < -0.4 is 0 Å². The van der Waals surface area contributed by atoms with Crippen molar-refractivity contribution >= 4 is 28.7 Å². The number of aromatic nitrogens is 4. The van der Waals surface area contributed by atoms with Crippen LogP contribution in [-0.4, -0.2) is 49.6 Å². The van der Waals surface area contributed by atoms with Crippen LogP contribution >= 0.6 is 11.6 Å². The van der Waals surface area contributed by atoms with Crippen molar-refractivity contribution in [2.45, 2.75) is 39.3 Å². The molecule has 0 spiro atoms. The minimum absolute atomic E-state index is 0.145. The smallest absolute Gasteiger partial charge is 0.245 e. The molecule has 3 heterocycles. The number of nitrogens with zero attached hydrogens (tertiary/aromatic N) is 5. The van der Waals surface area contributed by atoms with E-state index in [1.807, 2.05) is 25.6 Å². The molecular formula is C14H20ClN5O. The maximum Gasteiger partial charge on any atom is 0.245 e. The Labute approximate surface area is 128 Å². The molecule has 1 amide bonds. The molecule has 0 aliphatic carbocycles. The van der Waals surface area contributed by atoms with Crippen molar-refractivity contribution in [1.82, 2.24) is 24.2 Å². The van der Waals surface area contributed by atoms with Gasteiger partial charge in [-0.1, -0.05) is 0 Å². The number of carbonyl (C=O) groups excluding carboxylic acids is 1. The van der Waals surface area contributed by atoms with E-state index in [9.17, 15) is 4.79 Å². The molecule has 0 bridgehead atoms. The molecule has 3 rings (SSSR count). The standard InChI is InChI=1S/C14H20ClN5O/c1-4-19-13-12(9(2)17-19)16-11(5-7-15)20(13)10-6-8-18(3)14(10)21/h10H,4-8H2,1-3H3. The van der Waals surface area contributed by atoms with Crippen LogP contribution in [0.5, 0.6) is 0 Å². The number of hydrogen-bond donors (Lipinski definition) is 0. The van der Waals surface area contributed by atoms with Gasteiger partial charge >= 0.3 is 0 Å². The largest absolute Gasteiger partial charge is 0.344 e.